The van der Waals surface area contributed by atoms with Gasteiger partial charge < -0.3 is 9.73 Å². The molecule has 0 atom stereocenters. The number of hydrogen-bond donors (Lipinski definition) is 1. The SMILES string of the molecule is Cc1ccc(-c2nnc(SCC(=O)Nc3ccc(F)cc3[N+](=O)[O-])o2)cc1. The Morgan fingerprint density at radius 2 is 2.00 bits per heavy atom. The molecule has 8 nitrogen and oxygen atoms in total. The molecule has 0 aliphatic rings. The zero-order chi connectivity index (χ0) is 19.4. The fraction of sp³-hybridized carbons (Fsp3) is 0.118. The molecule has 0 radical (unpaired) electrons. The molecule has 0 fully saturated rings. The molecule has 0 saturated carbocycles. The van der Waals surface area contributed by atoms with Crippen LogP contribution in [0.4, 0.5) is 15.8 Å². The normalized spacial score (nSPS) is 10.6. The van der Waals surface area contributed by atoms with Crippen molar-refractivity contribution in [2.24, 2.45) is 0 Å². The van der Waals surface area contributed by atoms with E-state index >= 15 is 0 Å². The maximum atomic E-state index is 13.1. The van der Waals surface area contributed by atoms with E-state index in [-0.39, 0.29) is 16.7 Å². The zero-order valence-corrected chi connectivity index (χ0v) is 14.8. The smallest absolute Gasteiger partial charge is 0.295 e. The molecule has 1 aromatic heterocycles. The molecule has 2 aromatic carbocycles. The number of aromatic nitrogens is 2. The number of benzene rings is 2. The number of thioether (sulfide) groups is 1. The topological polar surface area (TPSA) is 111 Å². The van der Waals surface area contributed by atoms with Gasteiger partial charge in [0.2, 0.25) is 11.8 Å². The number of carbonyl (C=O) groups excluding carboxylic acids is 1. The number of amides is 1. The molecule has 0 bridgehead atoms. The number of nitrogens with zero attached hydrogens (tertiary/aromatic N) is 3. The van der Waals surface area contributed by atoms with E-state index in [1.165, 1.54) is 0 Å². The van der Waals surface area contributed by atoms with E-state index in [9.17, 15) is 19.3 Å². The van der Waals surface area contributed by atoms with Crippen molar-refractivity contribution < 1.29 is 18.5 Å². The summed E-state index contributed by atoms with van der Waals surface area (Å²) in [6.45, 7) is 1.96. The van der Waals surface area contributed by atoms with Gasteiger partial charge in [-0.1, -0.05) is 29.5 Å². The van der Waals surface area contributed by atoms with Crippen LogP contribution in [-0.2, 0) is 4.79 Å². The maximum absolute atomic E-state index is 13.1. The first kappa shape index (κ1) is 18.5. The van der Waals surface area contributed by atoms with Crippen LogP contribution < -0.4 is 5.32 Å². The van der Waals surface area contributed by atoms with Gasteiger partial charge in [-0.3, -0.25) is 14.9 Å². The van der Waals surface area contributed by atoms with Crippen molar-refractivity contribution in [2.45, 2.75) is 12.1 Å². The fourth-order valence-electron chi connectivity index (χ4n) is 2.16. The zero-order valence-electron chi connectivity index (χ0n) is 14.0. The number of carbonyl (C=O) groups is 1. The van der Waals surface area contributed by atoms with E-state index in [2.05, 4.69) is 15.5 Å². The number of nitro groups is 1. The molecule has 0 spiro atoms. The highest BCUT2D eigenvalue weighted by Gasteiger charge is 2.18. The summed E-state index contributed by atoms with van der Waals surface area (Å²) in [5, 5.41) is 21.3. The summed E-state index contributed by atoms with van der Waals surface area (Å²) in [5.41, 5.74) is 1.25. The minimum atomic E-state index is -0.766. The van der Waals surface area contributed by atoms with Crippen LogP contribution in [0.1, 0.15) is 5.56 Å². The first-order valence-corrected chi connectivity index (χ1v) is 8.68. The molecule has 1 amide bonds. The van der Waals surface area contributed by atoms with Crippen LogP contribution in [0.15, 0.2) is 52.1 Å². The first-order chi connectivity index (χ1) is 12.9. The van der Waals surface area contributed by atoms with E-state index in [1.54, 1.807) is 0 Å². The number of hydrogen-bond acceptors (Lipinski definition) is 7. The number of nitro benzene ring substituents is 1. The van der Waals surface area contributed by atoms with Gasteiger partial charge in [0.15, 0.2) is 0 Å². The van der Waals surface area contributed by atoms with Gasteiger partial charge >= 0.3 is 0 Å². The Kier molecular flexibility index (Phi) is 5.46. The standard InChI is InChI=1S/C17H13FN4O4S/c1-10-2-4-11(5-3-10)16-20-21-17(26-16)27-9-15(23)19-13-7-6-12(18)8-14(13)22(24)25/h2-8H,9H2,1H3,(H,19,23). The molecule has 0 aliphatic heterocycles. The third-order valence-electron chi connectivity index (χ3n) is 3.46. The van der Waals surface area contributed by atoms with E-state index in [1.807, 2.05) is 31.2 Å². The number of rotatable bonds is 6. The van der Waals surface area contributed by atoms with Crippen LogP contribution in [0.25, 0.3) is 11.5 Å². The Balaban J connectivity index is 1.62. The van der Waals surface area contributed by atoms with Gasteiger partial charge in [-0.05, 0) is 31.2 Å². The Hall–Kier alpha value is -3.27. The van der Waals surface area contributed by atoms with Gasteiger partial charge in [-0.15, -0.1) is 10.2 Å². The molecule has 0 aliphatic carbocycles. The largest absolute Gasteiger partial charge is 0.411 e. The molecule has 0 unspecified atom stereocenters. The van der Waals surface area contributed by atoms with Gasteiger partial charge in [-0.2, -0.15) is 0 Å². The molecule has 3 rings (SSSR count). The Morgan fingerprint density at radius 1 is 1.26 bits per heavy atom. The van der Waals surface area contributed by atoms with Crippen molar-refractivity contribution in [1.29, 1.82) is 0 Å². The second-order valence-corrected chi connectivity index (χ2v) is 6.42. The van der Waals surface area contributed by atoms with Gasteiger partial charge in [0.05, 0.1) is 16.7 Å². The van der Waals surface area contributed by atoms with Crippen molar-refractivity contribution >= 4 is 29.0 Å². The Morgan fingerprint density at radius 3 is 2.70 bits per heavy atom. The van der Waals surface area contributed by atoms with Crippen molar-refractivity contribution in [3.63, 3.8) is 0 Å². The lowest BCUT2D eigenvalue weighted by atomic mass is 10.1. The second-order valence-electron chi connectivity index (χ2n) is 5.49. The highest BCUT2D eigenvalue weighted by atomic mass is 32.2. The molecular formula is C17H13FN4O4S. The molecule has 27 heavy (non-hydrogen) atoms. The van der Waals surface area contributed by atoms with E-state index in [0.717, 1.165) is 41.1 Å². The lowest BCUT2D eigenvalue weighted by Gasteiger charge is -2.05. The van der Waals surface area contributed by atoms with Crippen molar-refractivity contribution in [3.05, 3.63) is 64.0 Å². The molecule has 3 aromatic rings. The van der Waals surface area contributed by atoms with Gasteiger partial charge in [0, 0.05) is 5.56 Å². The molecule has 10 heteroatoms. The van der Waals surface area contributed by atoms with E-state index < -0.39 is 22.3 Å². The molecular weight excluding hydrogens is 375 g/mol. The highest BCUT2D eigenvalue weighted by molar-refractivity contribution is 7.99. The third kappa shape index (κ3) is 4.67. The first-order valence-electron chi connectivity index (χ1n) is 7.69. The van der Waals surface area contributed by atoms with Gasteiger partial charge in [-0.25, -0.2) is 4.39 Å². The number of aryl methyl sites for hydroxylation is 1. The Labute approximate surface area is 156 Å². The quantitative estimate of drug-likeness (QED) is 0.388. The number of anilines is 1. The summed E-state index contributed by atoms with van der Waals surface area (Å²) in [6, 6.07) is 10.4. The number of halogens is 1. The molecule has 0 saturated heterocycles. The third-order valence-corrected chi connectivity index (χ3v) is 4.28. The lowest BCUT2D eigenvalue weighted by Crippen LogP contribution is -2.15. The van der Waals surface area contributed by atoms with Crippen LogP contribution in [0, 0.1) is 22.9 Å². The summed E-state index contributed by atoms with van der Waals surface area (Å²) < 4.78 is 18.6. The minimum Gasteiger partial charge on any atom is -0.411 e. The maximum Gasteiger partial charge on any atom is 0.295 e. The van der Waals surface area contributed by atoms with Crippen LogP contribution in [0.5, 0.6) is 0 Å². The van der Waals surface area contributed by atoms with Gasteiger partial charge in [0.25, 0.3) is 10.9 Å². The lowest BCUT2D eigenvalue weighted by molar-refractivity contribution is -0.384. The summed E-state index contributed by atoms with van der Waals surface area (Å²) >= 11 is 0.988. The van der Waals surface area contributed by atoms with Gasteiger partial charge in [0.1, 0.15) is 11.5 Å². The minimum absolute atomic E-state index is 0.0853. The van der Waals surface area contributed by atoms with E-state index in [4.69, 9.17) is 4.42 Å². The highest BCUT2D eigenvalue weighted by Crippen LogP contribution is 2.26. The predicted octanol–water partition coefficient (Wildman–Crippen LogP) is 3.82. The average molecular weight is 388 g/mol. The van der Waals surface area contributed by atoms with Crippen molar-refractivity contribution in [1.82, 2.24) is 10.2 Å². The van der Waals surface area contributed by atoms with Crippen LogP contribution >= 0.6 is 11.8 Å². The monoisotopic (exact) mass is 388 g/mol. The second kappa shape index (κ2) is 7.96. The van der Waals surface area contributed by atoms with Crippen LogP contribution in [0.3, 0.4) is 0 Å². The summed E-state index contributed by atoms with van der Waals surface area (Å²) in [5.74, 6) is -1.07. The molecule has 1 heterocycles. The number of nitrogens with one attached hydrogen (secondary N) is 1. The molecule has 1 N–H and O–H groups in total. The average Bonchev–Trinajstić information content (AvgIpc) is 3.11. The summed E-state index contributed by atoms with van der Waals surface area (Å²) in [7, 11) is 0. The Bertz CT molecular complexity index is 991. The van der Waals surface area contributed by atoms with Crippen LogP contribution in [0.2, 0.25) is 0 Å². The van der Waals surface area contributed by atoms with Crippen molar-refractivity contribution in [2.75, 3.05) is 11.1 Å². The predicted molar refractivity (Wildman–Crippen MR) is 96.9 cm³/mol. The van der Waals surface area contributed by atoms with Crippen LogP contribution in [-0.4, -0.2) is 26.8 Å². The van der Waals surface area contributed by atoms with Crippen molar-refractivity contribution in [3.8, 4) is 11.5 Å². The van der Waals surface area contributed by atoms with E-state index in [0.29, 0.717) is 5.89 Å². The summed E-state index contributed by atoms with van der Waals surface area (Å²) in [4.78, 5) is 22.2. The fourth-order valence-corrected chi connectivity index (χ4v) is 2.72. The summed E-state index contributed by atoms with van der Waals surface area (Å²) in [6.07, 6.45) is 0. The molecule has 138 valence electrons.